The number of carbonyl (C=O) groups is 1. The van der Waals surface area contributed by atoms with Gasteiger partial charge in [-0.2, -0.15) is 5.10 Å². The average Bonchev–Trinajstić information content (AvgIpc) is 3.19. The molecule has 0 aliphatic heterocycles. The lowest BCUT2D eigenvalue weighted by Gasteiger charge is -2.08. The zero-order chi connectivity index (χ0) is 15.0. The maximum atomic E-state index is 12.0. The average molecular weight is 306 g/mol. The minimum absolute atomic E-state index is 0.338. The lowest BCUT2D eigenvalue weighted by atomic mass is 10.2. The van der Waals surface area contributed by atoms with Gasteiger partial charge >= 0.3 is 6.03 Å². The molecule has 1 fully saturated rings. The molecule has 3 rings (SSSR count). The van der Waals surface area contributed by atoms with E-state index in [2.05, 4.69) is 20.7 Å². The zero-order valence-corrected chi connectivity index (χ0v) is 12.6. The molecule has 110 valence electrons. The normalized spacial score (nSPS) is 14.0. The van der Waals surface area contributed by atoms with Crippen molar-refractivity contribution in [2.45, 2.75) is 25.7 Å². The molecule has 1 saturated carbocycles. The fraction of sp³-hybridized carbons (Fsp3) is 0.357. The molecule has 0 unspecified atom stereocenters. The van der Waals surface area contributed by atoms with Crippen LogP contribution in [0.5, 0.6) is 0 Å². The molecule has 2 aromatic rings. The SMILES string of the molecule is Cc1cnc(Cl)cc1NC(=O)Nc1cc(C2CC2)n(C)n1. The van der Waals surface area contributed by atoms with Crippen LogP contribution in [0.25, 0.3) is 0 Å². The Labute approximate surface area is 127 Å². The first-order chi connectivity index (χ1) is 10.0. The van der Waals surface area contributed by atoms with Crippen LogP contribution in [-0.2, 0) is 7.05 Å². The van der Waals surface area contributed by atoms with Gasteiger partial charge in [-0.1, -0.05) is 11.6 Å². The summed E-state index contributed by atoms with van der Waals surface area (Å²) >= 11 is 5.83. The molecule has 0 bridgehead atoms. The summed E-state index contributed by atoms with van der Waals surface area (Å²) in [6.45, 7) is 1.85. The van der Waals surface area contributed by atoms with Crippen LogP contribution in [0, 0.1) is 6.92 Å². The fourth-order valence-electron chi connectivity index (χ4n) is 2.21. The Balaban J connectivity index is 1.68. The molecular weight excluding hydrogens is 290 g/mol. The summed E-state index contributed by atoms with van der Waals surface area (Å²) in [5.74, 6) is 1.14. The Kier molecular flexibility index (Phi) is 3.55. The third kappa shape index (κ3) is 3.16. The van der Waals surface area contributed by atoms with Crippen LogP contribution in [0.15, 0.2) is 18.3 Å². The summed E-state index contributed by atoms with van der Waals surface area (Å²) in [6, 6.07) is 3.19. The van der Waals surface area contributed by atoms with Gasteiger partial charge < -0.3 is 5.32 Å². The Morgan fingerprint density at radius 3 is 2.86 bits per heavy atom. The summed E-state index contributed by atoms with van der Waals surface area (Å²) in [5.41, 5.74) is 2.63. The van der Waals surface area contributed by atoms with Crippen LogP contribution in [0.1, 0.15) is 30.0 Å². The van der Waals surface area contributed by atoms with Gasteiger partial charge in [0, 0.05) is 36.6 Å². The smallest absolute Gasteiger partial charge is 0.307 e. The minimum Gasteiger partial charge on any atom is -0.307 e. The highest BCUT2D eigenvalue weighted by atomic mass is 35.5. The second kappa shape index (κ2) is 5.37. The highest BCUT2D eigenvalue weighted by Crippen LogP contribution is 2.40. The molecule has 21 heavy (non-hydrogen) atoms. The molecule has 2 amide bonds. The number of urea groups is 1. The Bertz CT molecular complexity index is 693. The van der Waals surface area contributed by atoms with E-state index in [1.54, 1.807) is 12.3 Å². The van der Waals surface area contributed by atoms with Crippen LogP contribution in [0.2, 0.25) is 5.15 Å². The number of hydrogen-bond acceptors (Lipinski definition) is 3. The van der Waals surface area contributed by atoms with Crippen molar-refractivity contribution in [2.75, 3.05) is 10.6 Å². The van der Waals surface area contributed by atoms with Crippen LogP contribution >= 0.6 is 11.6 Å². The zero-order valence-electron chi connectivity index (χ0n) is 11.9. The molecule has 0 radical (unpaired) electrons. The Morgan fingerprint density at radius 1 is 1.38 bits per heavy atom. The van der Waals surface area contributed by atoms with Crippen molar-refractivity contribution in [2.24, 2.45) is 7.05 Å². The van der Waals surface area contributed by atoms with Gasteiger partial charge in [0.25, 0.3) is 0 Å². The fourth-order valence-corrected chi connectivity index (χ4v) is 2.36. The number of amides is 2. The first-order valence-corrected chi connectivity index (χ1v) is 7.15. The molecule has 0 spiro atoms. The molecule has 1 aliphatic carbocycles. The number of aromatic nitrogens is 3. The molecule has 0 atom stereocenters. The van der Waals surface area contributed by atoms with E-state index >= 15 is 0 Å². The second-order valence-corrected chi connectivity index (χ2v) is 5.64. The van der Waals surface area contributed by atoms with E-state index < -0.39 is 0 Å². The lowest BCUT2D eigenvalue weighted by Crippen LogP contribution is -2.20. The first-order valence-electron chi connectivity index (χ1n) is 6.77. The molecule has 0 saturated heterocycles. The van der Waals surface area contributed by atoms with Gasteiger partial charge in [-0.3, -0.25) is 10.00 Å². The quantitative estimate of drug-likeness (QED) is 0.855. The van der Waals surface area contributed by atoms with Gasteiger partial charge in [0.1, 0.15) is 5.15 Å². The van der Waals surface area contributed by atoms with E-state index in [-0.39, 0.29) is 6.03 Å². The van der Waals surface area contributed by atoms with Gasteiger partial charge in [-0.15, -0.1) is 0 Å². The highest BCUT2D eigenvalue weighted by molar-refractivity contribution is 6.29. The predicted octanol–water partition coefficient (Wildman–Crippen LogP) is 3.30. The second-order valence-electron chi connectivity index (χ2n) is 5.25. The van der Waals surface area contributed by atoms with Crippen molar-refractivity contribution < 1.29 is 4.79 Å². The number of carbonyl (C=O) groups excluding carboxylic acids is 1. The summed E-state index contributed by atoms with van der Waals surface area (Å²) in [4.78, 5) is 16.0. The van der Waals surface area contributed by atoms with E-state index in [0.717, 1.165) is 11.3 Å². The molecule has 2 N–H and O–H groups in total. The van der Waals surface area contributed by atoms with E-state index in [1.807, 2.05) is 24.7 Å². The summed E-state index contributed by atoms with van der Waals surface area (Å²) in [6.07, 6.45) is 4.00. The van der Waals surface area contributed by atoms with Crippen molar-refractivity contribution in [1.29, 1.82) is 0 Å². The maximum Gasteiger partial charge on any atom is 0.324 e. The van der Waals surface area contributed by atoms with Gasteiger partial charge in [0.05, 0.1) is 0 Å². The van der Waals surface area contributed by atoms with E-state index in [4.69, 9.17) is 11.6 Å². The number of halogens is 1. The number of pyridine rings is 1. The summed E-state index contributed by atoms with van der Waals surface area (Å²) in [7, 11) is 1.89. The van der Waals surface area contributed by atoms with Gasteiger partial charge in [0.15, 0.2) is 5.82 Å². The largest absolute Gasteiger partial charge is 0.324 e. The Hall–Kier alpha value is -2.08. The van der Waals surface area contributed by atoms with Crippen LogP contribution in [-0.4, -0.2) is 20.8 Å². The van der Waals surface area contributed by atoms with Gasteiger partial charge in [-0.05, 0) is 31.4 Å². The number of hydrogen-bond donors (Lipinski definition) is 2. The first kappa shape index (κ1) is 13.9. The standard InChI is InChI=1S/C14H16ClN5O/c1-8-7-16-12(15)5-10(8)17-14(21)18-13-6-11(9-3-4-9)20(2)19-13/h5-7,9H,3-4H2,1-2H3,(H2,16,17,18,19,21). The number of rotatable bonds is 3. The van der Waals surface area contributed by atoms with Crippen LogP contribution < -0.4 is 10.6 Å². The van der Waals surface area contributed by atoms with Crippen molar-refractivity contribution >= 4 is 29.1 Å². The van der Waals surface area contributed by atoms with Crippen molar-refractivity contribution in [1.82, 2.24) is 14.8 Å². The molecule has 2 heterocycles. The number of nitrogens with one attached hydrogen (secondary N) is 2. The molecular formula is C14H16ClN5O. The summed E-state index contributed by atoms with van der Waals surface area (Å²) in [5, 5.41) is 10.1. The van der Waals surface area contributed by atoms with Gasteiger partial charge in [-0.25, -0.2) is 9.78 Å². The third-order valence-corrected chi connectivity index (χ3v) is 3.68. The van der Waals surface area contributed by atoms with Crippen LogP contribution in [0.4, 0.5) is 16.3 Å². The third-order valence-electron chi connectivity index (χ3n) is 3.47. The van der Waals surface area contributed by atoms with Crippen molar-refractivity contribution in [3.8, 4) is 0 Å². The maximum absolute atomic E-state index is 12.0. The summed E-state index contributed by atoms with van der Waals surface area (Å²) < 4.78 is 1.82. The van der Waals surface area contributed by atoms with E-state index in [9.17, 15) is 4.79 Å². The van der Waals surface area contributed by atoms with Gasteiger partial charge in [0.2, 0.25) is 0 Å². The minimum atomic E-state index is -0.346. The van der Waals surface area contributed by atoms with Crippen LogP contribution in [0.3, 0.4) is 0 Å². The molecule has 0 aromatic carbocycles. The topological polar surface area (TPSA) is 71.8 Å². The monoisotopic (exact) mass is 305 g/mol. The Morgan fingerprint density at radius 2 is 2.14 bits per heavy atom. The molecule has 7 heteroatoms. The lowest BCUT2D eigenvalue weighted by molar-refractivity contribution is 0.262. The highest BCUT2D eigenvalue weighted by Gasteiger charge is 2.27. The number of anilines is 2. The van der Waals surface area contributed by atoms with E-state index in [1.165, 1.54) is 12.8 Å². The molecule has 2 aromatic heterocycles. The van der Waals surface area contributed by atoms with E-state index in [0.29, 0.717) is 22.6 Å². The molecule has 1 aliphatic rings. The number of nitrogens with zero attached hydrogens (tertiary/aromatic N) is 3. The van der Waals surface area contributed by atoms with Crippen molar-refractivity contribution in [3.05, 3.63) is 34.7 Å². The van der Waals surface area contributed by atoms with Crippen molar-refractivity contribution in [3.63, 3.8) is 0 Å². The predicted molar refractivity (Wildman–Crippen MR) is 81.8 cm³/mol. The molecule has 6 nitrogen and oxygen atoms in total. The number of aryl methyl sites for hydroxylation is 2.